The Morgan fingerprint density at radius 2 is 2.06 bits per heavy atom. The van der Waals surface area contributed by atoms with Gasteiger partial charge in [0.15, 0.2) is 0 Å². The third-order valence-electron chi connectivity index (χ3n) is 2.78. The molecule has 0 saturated heterocycles. The second-order valence-corrected chi connectivity index (χ2v) is 4.81. The Morgan fingerprint density at radius 3 is 2.56 bits per heavy atom. The van der Waals surface area contributed by atoms with Crippen molar-refractivity contribution in [2.24, 2.45) is 5.92 Å². The second kappa shape index (κ2) is 7.21. The van der Waals surface area contributed by atoms with Gasteiger partial charge in [-0.1, -0.05) is 20.8 Å². The van der Waals surface area contributed by atoms with Gasteiger partial charge in [-0.25, -0.2) is 0 Å². The molecule has 1 aromatic rings. The number of esters is 1. The average Bonchev–Trinajstić information content (AvgIpc) is 2.81. The van der Waals surface area contributed by atoms with E-state index in [0.29, 0.717) is 12.5 Å². The van der Waals surface area contributed by atoms with Crippen molar-refractivity contribution in [1.29, 1.82) is 0 Å². The van der Waals surface area contributed by atoms with Gasteiger partial charge in [0.25, 0.3) is 0 Å². The lowest BCUT2D eigenvalue weighted by atomic mass is 10.0. The summed E-state index contributed by atoms with van der Waals surface area (Å²) in [4.78, 5) is 11.6. The molecule has 1 unspecified atom stereocenters. The van der Waals surface area contributed by atoms with Crippen LogP contribution in [0.4, 0.5) is 0 Å². The highest BCUT2D eigenvalue weighted by Gasteiger charge is 2.20. The van der Waals surface area contributed by atoms with Gasteiger partial charge in [0.1, 0.15) is 17.6 Å². The molecule has 0 radical (unpaired) electrons. The van der Waals surface area contributed by atoms with Crippen LogP contribution >= 0.6 is 0 Å². The normalized spacial score (nSPS) is 12.7. The molecule has 1 heterocycles. The van der Waals surface area contributed by atoms with Crippen molar-refractivity contribution in [2.75, 3.05) is 7.11 Å². The van der Waals surface area contributed by atoms with Crippen molar-refractivity contribution in [3.63, 3.8) is 0 Å². The first-order chi connectivity index (χ1) is 8.56. The number of hydrogen-bond acceptors (Lipinski definition) is 4. The fourth-order valence-corrected chi connectivity index (χ4v) is 1.81. The number of carbonyl (C=O) groups is 1. The minimum Gasteiger partial charge on any atom is -0.468 e. The lowest BCUT2D eigenvalue weighted by Gasteiger charge is -2.17. The lowest BCUT2D eigenvalue weighted by Crippen LogP contribution is -2.38. The molecule has 1 rings (SSSR count). The smallest absolute Gasteiger partial charge is 0.322 e. The largest absolute Gasteiger partial charge is 0.468 e. The molecule has 4 heteroatoms. The molecular weight excluding hydrogens is 230 g/mol. The van der Waals surface area contributed by atoms with Crippen LogP contribution in [0.1, 0.15) is 38.7 Å². The van der Waals surface area contributed by atoms with Gasteiger partial charge in [0, 0.05) is 6.42 Å². The van der Waals surface area contributed by atoms with E-state index >= 15 is 0 Å². The number of furan rings is 1. The molecule has 0 aliphatic rings. The van der Waals surface area contributed by atoms with Crippen molar-refractivity contribution in [1.82, 2.24) is 5.32 Å². The zero-order valence-corrected chi connectivity index (χ0v) is 11.7. The molecule has 0 amide bonds. The average molecular weight is 253 g/mol. The summed E-state index contributed by atoms with van der Waals surface area (Å²) < 4.78 is 10.4. The minimum absolute atomic E-state index is 0.217. The summed E-state index contributed by atoms with van der Waals surface area (Å²) in [6, 6.07) is 3.63. The number of aryl methyl sites for hydroxylation is 1. The molecule has 4 nitrogen and oxygen atoms in total. The molecule has 1 atom stereocenters. The number of rotatable bonds is 7. The number of carbonyl (C=O) groups excluding carboxylic acids is 1. The van der Waals surface area contributed by atoms with E-state index in [4.69, 9.17) is 9.15 Å². The second-order valence-electron chi connectivity index (χ2n) is 4.81. The summed E-state index contributed by atoms with van der Waals surface area (Å²) in [5.41, 5.74) is 0. The monoisotopic (exact) mass is 253 g/mol. The summed E-state index contributed by atoms with van der Waals surface area (Å²) in [5, 5.41) is 3.19. The first kappa shape index (κ1) is 14.8. The van der Waals surface area contributed by atoms with Crippen molar-refractivity contribution < 1.29 is 13.9 Å². The van der Waals surface area contributed by atoms with Crippen LogP contribution in [0.25, 0.3) is 0 Å². The quantitative estimate of drug-likeness (QED) is 0.759. The van der Waals surface area contributed by atoms with Gasteiger partial charge >= 0.3 is 5.97 Å². The Hall–Kier alpha value is -1.29. The van der Waals surface area contributed by atoms with Crippen molar-refractivity contribution >= 4 is 5.97 Å². The summed E-state index contributed by atoms with van der Waals surface area (Å²) in [7, 11) is 1.42. The van der Waals surface area contributed by atoms with Gasteiger partial charge in [-0.15, -0.1) is 0 Å². The first-order valence-electron chi connectivity index (χ1n) is 6.45. The fraction of sp³-hybridized carbons (Fsp3) is 0.643. The SMILES string of the molecule is CCc1ccc(CNC(CC(C)C)C(=O)OC)o1. The number of methoxy groups -OCH3 is 1. The molecule has 0 aliphatic carbocycles. The molecule has 1 aromatic heterocycles. The van der Waals surface area contributed by atoms with Crippen LogP contribution in [-0.4, -0.2) is 19.1 Å². The highest BCUT2D eigenvalue weighted by molar-refractivity contribution is 5.75. The first-order valence-corrected chi connectivity index (χ1v) is 6.45. The zero-order chi connectivity index (χ0) is 13.5. The van der Waals surface area contributed by atoms with E-state index < -0.39 is 0 Å². The van der Waals surface area contributed by atoms with Crippen LogP contribution in [0.5, 0.6) is 0 Å². The van der Waals surface area contributed by atoms with E-state index in [1.807, 2.05) is 19.1 Å². The van der Waals surface area contributed by atoms with Gasteiger partial charge in [-0.05, 0) is 24.5 Å². The Kier molecular flexibility index (Phi) is 5.92. The van der Waals surface area contributed by atoms with Crippen LogP contribution in [0.3, 0.4) is 0 Å². The van der Waals surface area contributed by atoms with Crippen molar-refractivity contribution in [3.8, 4) is 0 Å². The molecule has 0 aromatic carbocycles. The third-order valence-corrected chi connectivity index (χ3v) is 2.78. The van der Waals surface area contributed by atoms with Crippen LogP contribution in [0, 0.1) is 5.92 Å². The van der Waals surface area contributed by atoms with E-state index in [9.17, 15) is 4.79 Å². The number of ether oxygens (including phenoxy) is 1. The maximum Gasteiger partial charge on any atom is 0.322 e. The molecule has 0 saturated carbocycles. The molecule has 102 valence electrons. The van der Waals surface area contributed by atoms with Crippen LogP contribution < -0.4 is 5.32 Å². The maximum absolute atomic E-state index is 11.6. The third kappa shape index (κ3) is 4.53. The minimum atomic E-state index is -0.273. The predicted molar refractivity (Wildman–Crippen MR) is 70.2 cm³/mol. The highest BCUT2D eigenvalue weighted by Crippen LogP contribution is 2.10. The van der Waals surface area contributed by atoms with Gasteiger partial charge in [0.2, 0.25) is 0 Å². The molecular formula is C14H23NO3. The van der Waals surface area contributed by atoms with Gasteiger partial charge in [-0.3, -0.25) is 10.1 Å². The summed E-state index contributed by atoms with van der Waals surface area (Å²) in [5.74, 6) is 2.03. The van der Waals surface area contributed by atoms with Crippen molar-refractivity contribution in [2.45, 2.75) is 46.2 Å². The van der Waals surface area contributed by atoms with E-state index in [1.165, 1.54) is 7.11 Å². The van der Waals surface area contributed by atoms with Gasteiger partial charge in [0.05, 0.1) is 13.7 Å². The van der Waals surface area contributed by atoms with Crippen molar-refractivity contribution in [3.05, 3.63) is 23.7 Å². The van der Waals surface area contributed by atoms with Crippen LogP contribution in [0.2, 0.25) is 0 Å². The fourth-order valence-electron chi connectivity index (χ4n) is 1.81. The Morgan fingerprint density at radius 1 is 1.39 bits per heavy atom. The molecule has 0 fully saturated rings. The zero-order valence-electron chi connectivity index (χ0n) is 11.7. The molecule has 1 N–H and O–H groups in total. The van der Waals surface area contributed by atoms with Gasteiger partial charge in [-0.2, -0.15) is 0 Å². The molecule has 0 bridgehead atoms. The number of nitrogens with one attached hydrogen (secondary N) is 1. The van der Waals surface area contributed by atoms with E-state index in [-0.39, 0.29) is 12.0 Å². The maximum atomic E-state index is 11.6. The standard InChI is InChI=1S/C14H23NO3/c1-5-11-6-7-12(18-11)9-15-13(8-10(2)3)14(16)17-4/h6-7,10,13,15H,5,8-9H2,1-4H3. The molecule has 0 aliphatic heterocycles. The predicted octanol–water partition coefficient (Wildman–Crippen LogP) is 2.52. The lowest BCUT2D eigenvalue weighted by molar-refractivity contribution is -0.143. The van der Waals surface area contributed by atoms with Crippen LogP contribution in [0.15, 0.2) is 16.5 Å². The van der Waals surface area contributed by atoms with E-state index in [1.54, 1.807) is 0 Å². The molecule has 18 heavy (non-hydrogen) atoms. The van der Waals surface area contributed by atoms with Crippen LogP contribution in [-0.2, 0) is 22.5 Å². The Balaban J connectivity index is 2.52. The summed E-state index contributed by atoms with van der Waals surface area (Å²) >= 11 is 0. The Labute approximate surface area is 109 Å². The van der Waals surface area contributed by atoms with E-state index in [2.05, 4.69) is 19.2 Å². The summed E-state index contributed by atoms with van der Waals surface area (Å²) in [6.07, 6.45) is 1.64. The molecule has 0 spiro atoms. The highest BCUT2D eigenvalue weighted by atomic mass is 16.5. The number of hydrogen-bond donors (Lipinski definition) is 1. The summed E-state index contributed by atoms with van der Waals surface area (Å²) in [6.45, 7) is 6.76. The Bertz CT molecular complexity index is 371. The van der Waals surface area contributed by atoms with E-state index in [0.717, 1.165) is 24.4 Å². The van der Waals surface area contributed by atoms with Gasteiger partial charge < -0.3 is 9.15 Å². The topological polar surface area (TPSA) is 51.5 Å².